The standard InChI is InChI=1S/C15H10Cl2N2O2S2/c16-12-5-9(13(17)23-12)14(20)21-8-6-19(7-8)15-18-10-3-1-2-4-11(10)22-15/h1-5,8H,6-7H2. The first-order chi connectivity index (χ1) is 11.1. The molecule has 1 aliphatic heterocycles. The minimum Gasteiger partial charge on any atom is -0.455 e. The molecule has 4 rings (SSSR count). The topological polar surface area (TPSA) is 42.4 Å². The van der Waals surface area contributed by atoms with Gasteiger partial charge >= 0.3 is 5.97 Å². The van der Waals surface area contributed by atoms with Crippen LogP contribution in [0.1, 0.15) is 10.4 Å². The first-order valence-corrected chi connectivity index (χ1v) is 9.25. The lowest BCUT2D eigenvalue weighted by Gasteiger charge is -2.38. The zero-order chi connectivity index (χ0) is 16.0. The van der Waals surface area contributed by atoms with Crippen molar-refractivity contribution in [2.45, 2.75) is 6.10 Å². The van der Waals surface area contributed by atoms with Crippen molar-refractivity contribution in [3.63, 3.8) is 0 Å². The Morgan fingerprint density at radius 2 is 2.04 bits per heavy atom. The van der Waals surface area contributed by atoms with E-state index in [0.717, 1.165) is 26.7 Å². The minimum absolute atomic E-state index is 0.149. The summed E-state index contributed by atoms with van der Waals surface area (Å²) >= 11 is 14.6. The van der Waals surface area contributed by atoms with Crippen LogP contribution in [0.4, 0.5) is 5.13 Å². The van der Waals surface area contributed by atoms with Gasteiger partial charge in [0.25, 0.3) is 0 Å². The number of esters is 1. The maximum absolute atomic E-state index is 12.1. The molecule has 0 aliphatic carbocycles. The minimum atomic E-state index is -0.424. The van der Waals surface area contributed by atoms with Crippen LogP contribution in [0.5, 0.6) is 0 Å². The Hall–Kier alpha value is -1.34. The third-order valence-corrected chi connectivity index (χ3v) is 6.14. The molecule has 8 heteroatoms. The summed E-state index contributed by atoms with van der Waals surface area (Å²) in [5.41, 5.74) is 1.33. The van der Waals surface area contributed by atoms with Crippen molar-refractivity contribution in [3.8, 4) is 0 Å². The molecule has 118 valence electrons. The Bertz CT molecular complexity index is 854. The summed E-state index contributed by atoms with van der Waals surface area (Å²) in [5, 5.41) is 0.954. The van der Waals surface area contributed by atoms with Gasteiger partial charge in [-0.3, -0.25) is 0 Å². The second kappa shape index (κ2) is 5.94. The third kappa shape index (κ3) is 2.92. The van der Waals surface area contributed by atoms with Crippen LogP contribution in [0.15, 0.2) is 30.3 Å². The zero-order valence-corrected chi connectivity index (χ0v) is 14.8. The number of fused-ring (bicyclic) bond motifs is 1. The second-order valence-electron chi connectivity index (χ2n) is 5.13. The Kier molecular flexibility index (Phi) is 3.93. The van der Waals surface area contributed by atoms with Gasteiger partial charge in [0.2, 0.25) is 0 Å². The molecule has 1 aliphatic rings. The van der Waals surface area contributed by atoms with E-state index in [1.165, 1.54) is 0 Å². The number of hydrogen-bond acceptors (Lipinski definition) is 6. The fourth-order valence-corrected chi connectivity index (χ4v) is 4.78. The number of halogens is 2. The number of carbonyl (C=O) groups is 1. The largest absolute Gasteiger partial charge is 0.455 e. The Balaban J connectivity index is 1.39. The molecule has 0 bridgehead atoms. The molecule has 0 N–H and O–H groups in total. The van der Waals surface area contributed by atoms with E-state index in [4.69, 9.17) is 27.9 Å². The number of para-hydroxylation sites is 1. The summed E-state index contributed by atoms with van der Waals surface area (Å²) in [7, 11) is 0. The van der Waals surface area contributed by atoms with Crippen LogP contribution in [-0.4, -0.2) is 30.1 Å². The number of aromatic nitrogens is 1. The molecule has 3 heterocycles. The van der Waals surface area contributed by atoms with Crippen molar-refractivity contribution in [2.24, 2.45) is 0 Å². The molecule has 0 amide bonds. The molecule has 1 aromatic carbocycles. The molecular weight excluding hydrogens is 375 g/mol. The number of benzene rings is 1. The molecule has 1 fully saturated rings. The monoisotopic (exact) mass is 384 g/mol. The smallest absolute Gasteiger partial charge is 0.340 e. The van der Waals surface area contributed by atoms with Crippen molar-refractivity contribution in [1.82, 2.24) is 4.98 Å². The predicted octanol–water partition coefficient (Wildman–Crippen LogP) is 4.71. The first-order valence-electron chi connectivity index (χ1n) is 6.86. The van der Waals surface area contributed by atoms with E-state index < -0.39 is 5.97 Å². The lowest BCUT2D eigenvalue weighted by atomic mass is 10.2. The Morgan fingerprint density at radius 3 is 2.74 bits per heavy atom. The molecule has 0 atom stereocenters. The van der Waals surface area contributed by atoms with E-state index in [0.29, 0.717) is 27.3 Å². The van der Waals surface area contributed by atoms with Gasteiger partial charge in [0.1, 0.15) is 10.4 Å². The van der Waals surface area contributed by atoms with E-state index in [-0.39, 0.29) is 6.10 Å². The SMILES string of the molecule is O=C(OC1CN(c2nc3ccccc3s2)C1)c1cc(Cl)sc1Cl. The molecule has 1 saturated heterocycles. The van der Waals surface area contributed by atoms with E-state index in [1.807, 2.05) is 18.2 Å². The average molecular weight is 385 g/mol. The number of anilines is 1. The molecule has 0 radical (unpaired) electrons. The molecule has 4 nitrogen and oxygen atoms in total. The van der Waals surface area contributed by atoms with Gasteiger partial charge in [0.15, 0.2) is 5.13 Å². The summed E-state index contributed by atoms with van der Waals surface area (Å²) in [5.74, 6) is -0.424. The van der Waals surface area contributed by atoms with Crippen LogP contribution in [0.2, 0.25) is 8.67 Å². The van der Waals surface area contributed by atoms with E-state index in [2.05, 4.69) is 16.0 Å². The molecule has 0 unspecified atom stereocenters. The predicted molar refractivity (Wildman–Crippen MR) is 95.4 cm³/mol. The highest BCUT2D eigenvalue weighted by Gasteiger charge is 2.33. The quantitative estimate of drug-likeness (QED) is 0.613. The van der Waals surface area contributed by atoms with Gasteiger partial charge in [-0.15, -0.1) is 11.3 Å². The van der Waals surface area contributed by atoms with Gasteiger partial charge < -0.3 is 9.64 Å². The van der Waals surface area contributed by atoms with E-state index in [9.17, 15) is 4.79 Å². The second-order valence-corrected chi connectivity index (χ2v) is 8.43. The van der Waals surface area contributed by atoms with Gasteiger partial charge in [-0.1, -0.05) is 46.7 Å². The maximum Gasteiger partial charge on any atom is 0.340 e. The summed E-state index contributed by atoms with van der Waals surface area (Å²) < 4.78 is 7.45. The highest BCUT2D eigenvalue weighted by atomic mass is 35.5. The Labute approximate surface area is 150 Å². The number of hydrogen-bond donors (Lipinski definition) is 0. The molecule has 23 heavy (non-hydrogen) atoms. The zero-order valence-electron chi connectivity index (χ0n) is 11.7. The highest BCUT2D eigenvalue weighted by molar-refractivity contribution is 7.22. The maximum atomic E-state index is 12.1. The fraction of sp³-hybridized carbons (Fsp3) is 0.200. The number of thiophene rings is 1. The van der Waals surface area contributed by atoms with Crippen LogP contribution in [0, 0.1) is 0 Å². The van der Waals surface area contributed by atoms with Gasteiger partial charge in [0, 0.05) is 0 Å². The fourth-order valence-electron chi connectivity index (χ4n) is 2.36. The summed E-state index contributed by atoms with van der Waals surface area (Å²) in [6, 6.07) is 9.56. The van der Waals surface area contributed by atoms with Crippen molar-refractivity contribution in [3.05, 3.63) is 44.6 Å². The first kappa shape index (κ1) is 15.2. The van der Waals surface area contributed by atoms with E-state index in [1.54, 1.807) is 17.4 Å². The number of rotatable bonds is 3. The van der Waals surface area contributed by atoms with Crippen LogP contribution >= 0.6 is 45.9 Å². The molecule has 0 spiro atoms. The van der Waals surface area contributed by atoms with Crippen molar-refractivity contribution in [1.29, 1.82) is 0 Å². The van der Waals surface area contributed by atoms with Crippen molar-refractivity contribution in [2.75, 3.05) is 18.0 Å². The molecule has 0 saturated carbocycles. The third-order valence-electron chi connectivity index (χ3n) is 3.55. The number of nitrogens with zero attached hydrogens (tertiary/aromatic N) is 2. The van der Waals surface area contributed by atoms with Gasteiger partial charge in [-0.25, -0.2) is 9.78 Å². The average Bonchev–Trinajstić information content (AvgIpc) is 3.04. The molecular formula is C15H10Cl2N2O2S2. The van der Waals surface area contributed by atoms with Crippen molar-refractivity contribution < 1.29 is 9.53 Å². The molecule has 3 aromatic rings. The normalized spacial score (nSPS) is 15.0. The van der Waals surface area contributed by atoms with Gasteiger partial charge in [-0.05, 0) is 18.2 Å². The summed E-state index contributed by atoms with van der Waals surface area (Å²) in [4.78, 5) is 18.8. The van der Waals surface area contributed by atoms with Crippen LogP contribution in [-0.2, 0) is 4.74 Å². The van der Waals surface area contributed by atoms with Crippen molar-refractivity contribution >= 4 is 67.2 Å². The van der Waals surface area contributed by atoms with Crippen LogP contribution < -0.4 is 4.90 Å². The Morgan fingerprint density at radius 1 is 1.26 bits per heavy atom. The van der Waals surface area contributed by atoms with Gasteiger partial charge in [0.05, 0.1) is 33.2 Å². The van der Waals surface area contributed by atoms with Crippen LogP contribution in [0.25, 0.3) is 10.2 Å². The van der Waals surface area contributed by atoms with E-state index >= 15 is 0 Å². The van der Waals surface area contributed by atoms with Gasteiger partial charge in [-0.2, -0.15) is 0 Å². The molecule has 2 aromatic heterocycles. The van der Waals surface area contributed by atoms with Crippen LogP contribution in [0.3, 0.4) is 0 Å². The highest BCUT2D eigenvalue weighted by Crippen LogP contribution is 2.34. The lowest BCUT2D eigenvalue weighted by molar-refractivity contribution is 0.0235. The number of carbonyl (C=O) groups excluding carboxylic acids is 1. The summed E-state index contributed by atoms with van der Waals surface area (Å²) in [6.45, 7) is 1.28. The number of thiazole rings is 1. The number of ether oxygens (including phenoxy) is 1. The lowest BCUT2D eigenvalue weighted by Crippen LogP contribution is -2.53. The summed E-state index contributed by atoms with van der Waals surface area (Å²) in [6.07, 6.45) is -0.149.